The third kappa shape index (κ3) is 4.76. The van der Waals surface area contributed by atoms with E-state index < -0.39 is 0 Å². The molecule has 0 aliphatic heterocycles. The van der Waals surface area contributed by atoms with Crippen LogP contribution in [0.4, 0.5) is 17.1 Å². The van der Waals surface area contributed by atoms with E-state index in [9.17, 15) is 0 Å². The van der Waals surface area contributed by atoms with Crippen LogP contribution in [0.2, 0.25) is 0 Å². The molecule has 0 unspecified atom stereocenters. The number of hydrogen-bond acceptors (Lipinski definition) is 4. The summed E-state index contributed by atoms with van der Waals surface area (Å²) in [5.74, 6) is 0. The van der Waals surface area contributed by atoms with Crippen LogP contribution in [0, 0.1) is 0 Å². The predicted octanol–water partition coefficient (Wildman–Crippen LogP) is 15.8. The van der Waals surface area contributed by atoms with E-state index in [1.807, 2.05) is 29.5 Å². The van der Waals surface area contributed by atoms with E-state index in [0.717, 1.165) is 66.5 Å². The molecule has 0 radical (unpaired) electrons. The van der Waals surface area contributed by atoms with E-state index >= 15 is 0 Å². The Bertz CT molecular complexity index is 3480. The Labute approximate surface area is 325 Å². The van der Waals surface area contributed by atoms with Gasteiger partial charge >= 0.3 is 0 Å². The van der Waals surface area contributed by atoms with Gasteiger partial charge in [-0.2, -0.15) is 0 Å². The average molecular weight is 734 g/mol. The monoisotopic (exact) mass is 733 g/mol. The lowest BCUT2D eigenvalue weighted by atomic mass is 9.98. The standard InChI is InChI=1S/C52H31NO2S/c1-2-10-35-31-36(20-19-32(35)9-1)33-21-25-37(26-22-33)53(44-15-7-14-42-40-11-3-5-16-45(40)54-51(42)44)38-27-23-34(24-28-38)39-13-8-18-47-49(39)50-48(56-47)30-29-43-41-12-4-6-17-46(41)55-52(43)50/h1-31H. The van der Waals surface area contributed by atoms with Crippen molar-refractivity contribution in [3.05, 3.63) is 188 Å². The molecule has 0 fully saturated rings. The Morgan fingerprint density at radius 3 is 1.73 bits per heavy atom. The van der Waals surface area contributed by atoms with Crippen molar-refractivity contribution in [2.75, 3.05) is 4.90 Å². The SMILES string of the molecule is c1ccc2cc(-c3ccc(N(c4ccc(-c5cccc6sc7ccc8c9ccccc9oc8c7c56)cc4)c4cccc5c4oc4ccccc45)cc3)ccc2c1. The molecular formula is C52H31NO2S. The fourth-order valence-corrected chi connectivity index (χ4v) is 9.75. The summed E-state index contributed by atoms with van der Waals surface area (Å²) in [4.78, 5) is 2.32. The molecule has 9 aromatic carbocycles. The third-order valence-corrected chi connectivity index (χ3v) is 12.4. The summed E-state index contributed by atoms with van der Waals surface area (Å²) in [6.45, 7) is 0. The van der Waals surface area contributed by atoms with Gasteiger partial charge < -0.3 is 13.7 Å². The second kappa shape index (κ2) is 12.2. The van der Waals surface area contributed by atoms with Crippen LogP contribution < -0.4 is 4.90 Å². The van der Waals surface area contributed by atoms with Gasteiger partial charge in [-0.25, -0.2) is 0 Å². The molecule has 3 nitrogen and oxygen atoms in total. The zero-order chi connectivity index (χ0) is 36.7. The Balaban J connectivity index is 1.01. The minimum absolute atomic E-state index is 0.862. The topological polar surface area (TPSA) is 29.5 Å². The fraction of sp³-hybridized carbons (Fsp3) is 0. The van der Waals surface area contributed by atoms with Crippen molar-refractivity contribution in [2.24, 2.45) is 0 Å². The molecule has 0 aliphatic rings. The maximum atomic E-state index is 6.62. The predicted molar refractivity (Wildman–Crippen MR) is 237 cm³/mol. The van der Waals surface area contributed by atoms with Crippen LogP contribution in [0.5, 0.6) is 0 Å². The number of nitrogens with zero attached hydrogens (tertiary/aromatic N) is 1. The molecule has 12 rings (SSSR count). The fourth-order valence-electron chi connectivity index (χ4n) is 8.62. The first-order chi connectivity index (χ1) is 27.7. The summed E-state index contributed by atoms with van der Waals surface area (Å²) in [6.07, 6.45) is 0. The number of anilines is 3. The molecule has 12 aromatic rings. The van der Waals surface area contributed by atoms with E-state index in [1.54, 1.807) is 0 Å². The number of para-hydroxylation sites is 3. The number of fused-ring (bicyclic) bond motifs is 11. The van der Waals surface area contributed by atoms with Crippen LogP contribution in [-0.4, -0.2) is 0 Å². The Kier molecular flexibility index (Phi) is 6.80. The van der Waals surface area contributed by atoms with Gasteiger partial charge in [0.1, 0.15) is 16.7 Å². The Hall–Kier alpha value is -7.14. The molecule has 0 bridgehead atoms. The molecule has 0 N–H and O–H groups in total. The van der Waals surface area contributed by atoms with Crippen LogP contribution in [0.3, 0.4) is 0 Å². The summed E-state index contributed by atoms with van der Waals surface area (Å²) < 4.78 is 15.7. The maximum Gasteiger partial charge on any atom is 0.159 e. The van der Waals surface area contributed by atoms with Crippen molar-refractivity contribution in [2.45, 2.75) is 0 Å². The van der Waals surface area contributed by atoms with Crippen molar-refractivity contribution >= 4 is 103 Å². The van der Waals surface area contributed by atoms with Gasteiger partial charge in [-0.1, -0.05) is 121 Å². The van der Waals surface area contributed by atoms with Gasteiger partial charge in [0.2, 0.25) is 0 Å². The van der Waals surface area contributed by atoms with Gasteiger partial charge in [0.25, 0.3) is 0 Å². The summed E-state index contributed by atoms with van der Waals surface area (Å²) in [5.41, 5.74) is 11.4. The molecule has 56 heavy (non-hydrogen) atoms. The van der Waals surface area contributed by atoms with Crippen LogP contribution in [0.15, 0.2) is 197 Å². The quantitative estimate of drug-likeness (QED) is 0.176. The lowest BCUT2D eigenvalue weighted by molar-refractivity contribution is 0.669. The number of hydrogen-bond donors (Lipinski definition) is 0. The number of benzene rings is 9. The van der Waals surface area contributed by atoms with Gasteiger partial charge in [0, 0.05) is 53.1 Å². The molecule has 0 aliphatic carbocycles. The number of furan rings is 2. The van der Waals surface area contributed by atoms with Crippen molar-refractivity contribution < 1.29 is 8.83 Å². The van der Waals surface area contributed by atoms with Crippen molar-refractivity contribution in [3.63, 3.8) is 0 Å². The highest BCUT2D eigenvalue weighted by molar-refractivity contribution is 7.26. The van der Waals surface area contributed by atoms with E-state index in [4.69, 9.17) is 8.83 Å². The van der Waals surface area contributed by atoms with Crippen molar-refractivity contribution in [1.29, 1.82) is 0 Å². The first-order valence-corrected chi connectivity index (χ1v) is 19.7. The lowest BCUT2D eigenvalue weighted by Crippen LogP contribution is -2.10. The van der Waals surface area contributed by atoms with Crippen LogP contribution in [0.25, 0.3) is 97.1 Å². The molecule has 3 heterocycles. The minimum Gasteiger partial charge on any atom is -0.455 e. The van der Waals surface area contributed by atoms with Crippen molar-refractivity contribution in [3.8, 4) is 22.3 Å². The van der Waals surface area contributed by atoms with Gasteiger partial charge in [-0.3, -0.25) is 0 Å². The molecular weight excluding hydrogens is 703 g/mol. The maximum absolute atomic E-state index is 6.62. The van der Waals surface area contributed by atoms with Crippen LogP contribution in [-0.2, 0) is 0 Å². The summed E-state index contributed by atoms with van der Waals surface area (Å²) in [6, 6.07) is 67.2. The molecule has 262 valence electrons. The first kappa shape index (κ1) is 31.2. The summed E-state index contributed by atoms with van der Waals surface area (Å²) >= 11 is 1.82. The zero-order valence-corrected chi connectivity index (χ0v) is 30.9. The highest BCUT2D eigenvalue weighted by atomic mass is 32.1. The van der Waals surface area contributed by atoms with Gasteiger partial charge in [0.15, 0.2) is 5.58 Å². The smallest absolute Gasteiger partial charge is 0.159 e. The zero-order valence-electron chi connectivity index (χ0n) is 30.1. The van der Waals surface area contributed by atoms with E-state index in [1.165, 1.54) is 47.6 Å². The second-order valence-electron chi connectivity index (χ2n) is 14.4. The lowest BCUT2D eigenvalue weighted by Gasteiger charge is -2.26. The van der Waals surface area contributed by atoms with Crippen molar-refractivity contribution in [1.82, 2.24) is 0 Å². The molecule has 0 atom stereocenters. The number of rotatable bonds is 5. The molecule has 0 saturated heterocycles. The molecule has 0 amide bonds. The van der Waals surface area contributed by atoms with E-state index in [-0.39, 0.29) is 0 Å². The van der Waals surface area contributed by atoms with E-state index in [2.05, 4.69) is 175 Å². The van der Waals surface area contributed by atoms with Crippen LogP contribution >= 0.6 is 11.3 Å². The highest BCUT2D eigenvalue weighted by Crippen LogP contribution is 2.47. The largest absolute Gasteiger partial charge is 0.455 e. The number of thiophene rings is 1. The van der Waals surface area contributed by atoms with E-state index in [0.29, 0.717) is 0 Å². The Morgan fingerprint density at radius 2 is 0.964 bits per heavy atom. The molecule has 4 heteroatoms. The second-order valence-corrected chi connectivity index (χ2v) is 15.5. The summed E-state index contributed by atoms with van der Waals surface area (Å²) in [7, 11) is 0. The average Bonchev–Trinajstić information content (AvgIpc) is 3.96. The minimum atomic E-state index is 0.862. The normalized spacial score (nSPS) is 11.9. The molecule has 3 aromatic heterocycles. The van der Waals surface area contributed by atoms with Gasteiger partial charge in [-0.05, 0) is 99.8 Å². The highest BCUT2D eigenvalue weighted by Gasteiger charge is 2.21. The first-order valence-electron chi connectivity index (χ1n) is 18.9. The van der Waals surface area contributed by atoms with Gasteiger partial charge in [-0.15, -0.1) is 11.3 Å². The van der Waals surface area contributed by atoms with Crippen LogP contribution in [0.1, 0.15) is 0 Å². The summed E-state index contributed by atoms with van der Waals surface area (Å²) in [5, 5.41) is 9.41. The molecule has 0 saturated carbocycles. The third-order valence-electron chi connectivity index (χ3n) is 11.3. The Morgan fingerprint density at radius 1 is 0.375 bits per heavy atom. The van der Waals surface area contributed by atoms with Gasteiger partial charge in [0.05, 0.1) is 5.69 Å². The molecule has 0 spiro atoms.